The van der Waals surface area contributed by atoms with E-state index in [4.69, 9.17) is 0 Å². The van der Waals surface area contributed by atoms with Gasteiger partial charge in [0.25, 0.3) is 14.1 Å². The van der Waals surface area contributed by atoms with Crippen molar-refractivity contribution >= 4 is 51.9 Å². The van der Waals surface area contributed by atoms with Gasteiger partial charge in [-0.05, 0) is 0 Å². The minimum absolute atomic E-state index is 0. The summed E-state index contributed by atoms with van der Waals surface area (Å²) in [5.74, 6) is 2.78. The third kappa shape index (κ3) is 15.7. The molecule has 0 amide bonds. The Morgan fingerprint density at radius 3 is 0.933 bits per heavy atom. The van der Waals surface area contributed by atoms with E-state index in [0.29, 0.717) is 0 Å². The van der Waals surface area contributed by atoms with Crippen LogP contribution in [-0.2, 0) is 0 Å². The molecule has 80 valence electrons. The molecule has 0 aromatic rings. The molecule has 3 heteroatoms. The first kappa shape index (κ1) is 22.0. The summed E-state index contributed by atoms with van der Waals surface area (Å²) < 4.78 is 0. The Hall–Kier alpha value is 1.73. The minimum Gasteiger partial charge on any atom is -0.0915 e. The van der Waals surface area contributed by atoms with Crippen LogP contribution in [0.5, 0.6) is 0 Å². The predicted molar refractivity (Wildman–Crippen MR) is 76.2 cm³/mol. The van der Waals surface area contributed by atoms with Crippen molar-refractivity contribution in [3.8, 4) is 0 Å². The molecule has 0 aliphatic heterocycles. The van der Waals surface area contributed by atoms with Crippen LogP contribution in [0.3, 0.4) is 0 Å². The summed E-state index contributed by atoms with van der Waals surface area (Å²) in [5.41, 5.74) is 0. The van der Waals surface area contributed by atoms with Crippen LogP contribution in [0.15, 0.2) is 0 Å². The van der Waals surface area contributed by atoms with E-state index in [1.807, 2.05) is 0 Å². The van der Waals surface area contributed by atoms with E-state index in [9.17, 15) is 0 Å². The fourth-order valence-electron chi connectivity index (χ4n) is 2.29. The Labute approximate surface area is 126 Å². The van der Waals surface area contributed by atoms with Crippen molar-refractivity contribution in [1.29, 1.82) is 0 Å². The Morgan fingerprint density at radius 1 is 0.600 bits per heavy atom. The molecule has 0 aliphatic rings. The summed E-state index contributed by atoms with van der Waals surface area (Å²) in [6.45, 7) is 14.3. The largest absolute Gasteiger partial charge is 0.262 e. The van der Waals surface area contributed by atoms with E-state index in [-0.39, 0.29) is 37.7 Å². The summed E-state index contributed by atoms with van der Waals surface area (Å²) >= 11 is -0.407. The molecular weight excluding hydrogens is 185 g/mol. The summed E-state index contributed by atoms with van der Waals surface area (Å²) in [6.07, 6.45) is 0. The molecule has 0 saturated heterocycles. The zero-order valence-electron chi connectivity index (χ0n) is 12.4. The van der Waals surface area contributed by atoms with Crippen LogP contribution in [0.2, 0.25) is 15.8 Å². The van der Waals surface area contributed by atoms with Gasteiger partial charge in [-0.25, -0.2) is 0 Å². The molecule has 0 spiro atoms. The van der Waals surface area contributed by atoms with Gasteiger partial charge in [-0.1, -0.05) is 75.1 Å². The molecule has 0 aromatic carbocycles. The van der Waals surface area contributed by atoms with Crippen molar-refractivity contribution in [2.45, 2.75) is 57.4 Å². The van der Waals surface area contributed by atoms with Crippen LogP contribution in [0, 0.1) is 17.8 Å². The number of rotatable bonds is 6. The van der Waals surface area contributed by atoms with Gasteiger partial charge in [0.05, 0.1) is 0 Å². The Kier molecular flexibility index (Phi) is 17.8. The molecule has 2 radical (unpaired) electrons. The Balaban J connectivity index is -0.000000720. The summed E-state index contributed by atoms with van der Waals surface area (Å²) in [4.78, 5) is 0. The first-order chi connectivity index (χ1) is 5.91. The topological polar surface area (TPSA) is 0 Å². The van der Waals surface area contributed by atoms with Gasteiger partial charge in [0, 0.05) is 37.7 Å². The van der Waals surface area contributed by atoms with Crippen LogP contribution in [0.25, 0.3) is 0 Å². The predicted octanol–water partition coefficient (Wildman–Crippen LogP) is 3.69. The van der Waals surface area contributed by atoms with Crippen LogP contribution in [0.4, 0.5) is 0 Å². The minimum atomic E-state index is -0.407. The Bertz CT molecular complexity index is 101. The molecule has 0 aliphatic carbocycles. The molecular formula is C12H27AlLi2. The van der Waals surface area contributed by atoms with Gasteiger partial charge in [-0.3, -0.25) is 0 Å². The van der Waals surface area contributed by atoms with Gasteiger partial charge in [-0.15, -0.1) is 0 Å². The van der Waals surface area contributed by atoms with E-state index in [1.54, 1.807) is 15.8 Å². The molecule has 15 heavy (non-hydrogen) atoms. The van der Waals surface area contributed by atoms with Crippen molar-refractivity contribution in [3.63, 3.8) is 0 Å². The molecule has 0 N–H and O–H groups in total. The maximum atomic E-state index is 2.38. The third-order valence-corrected chi connectivity index (χ3v) is 7.24. The number of hydrogen-bond acceptors (Lipinski definition) is 0. The monoisotopic (exact) mass is 212 g/mol. The van der Waals surface area contributed by atoms with E-state index in [2.05, 4.69) is 41.5 Å². The third-order valence-electron chi connectivity index (χ3n) is 2.41. The molecule has 0 atom stereocenters. The maximum absolute atomic E-state index is 2.38. The maximum Gasteiger partial charge on any atom is 0.262 e. The fourth-order valence-corrected chi connectivity index (χ4v) is 6.87. The van der Waals surface area contributed by atoms with Gasteiger partial charge in [0.15, 0.2) is 0 Å². The average molecular weight is 212 g/mol. The zero-order chi connectivity index (χ0) is 10.4. The van der Waals surface area contributed by atoms with Crippen molar-refractivity contribution in [1.82, 2.24) is 0 Å². The standard InChI is InChI=1S/3C4H9.Al.2Li/c3*1-4(2)3;;;/h3*4H,1H2,2-3H3;;;. The molecule has 0 bridgehead atoms. The average Bonchev–Trinajstić information content (AvgIpc) is 1.80. The SMILES string of the molecule is CC(C)[CH2][Al]([CH2]C(C)C)[CH2]C(C)C.[Li].[Li]. The quantitative estimate of drug-likeness (QED) is 0.589. The summed E-state index contributed by atoms with van der Waals surface area (Å²) in [6, 6.07) is 0. The van der Waals surface area contributed by atoms with Crippen molar-refractivity contribution < 1.29 is 0 Å². The van der Waals surface area contributed by atoms with Crippen LogP contribution in [-0.4, -0.2) is 51.9 Å². The summed E-state index contributed by atoms with van der Waals surface area (Å²) in [7, 11) is 0. The second-order valence-corrected chi connectivity index (χ2v) is 8.90. The van der Waals surface area contributed by atoms with E-state index in [0.717, 1.165) is 17.8 Å². The van der Waals surface area contributed by atoms with Gasteiger partial charge < -0.3 is 0 Å². The van der Waals surface area contributed by atoms with E-state index in [1.165, 1.54) is 0 Å². The molecule has 0 rings (SSSR count). The van der Waals surface area contributed by atoms with E-state index >= 15 is 0 Å². The van der Waals surface area contributed by atoms with Gasteiger partial charge >= 0.3 is 0 Å². The van der Waals surface area contributed by atoms with Crippen molar-refractivity contribution in [2.24, 2.45) is 17.8 Å². The van der Waals surface area contributed by atoms with Crippen LogP contribution >= 0.6 is 0 Å². The number of hydrogen-bond donors (Lipinski definition) is 0. The van der Waals surface area contributed by atoms with E-state index < -0.39 is 14.1 Å². The molecule has 0 heterocycles. The van der Waals surface area contributed by atoms with Crippen molar-refractivity contribution in [2.75, 3.05) is 0 Å². The van der Waals surface area contributed by atoms with Gasteiger partial charge in [0.2, 0.25) is 0 Å². The zero-order valence-corrected chi connectivity index (χ0v) is 13.6. The van der Waals surface area contributed by atoms with Gasteiger partial charge in [0.1, 0.15) is 0 Å². The second kappa shape index (κ2) is 12.2. The first-order valence-corrected chi connectivity index (χ1v) is 8.36. The summed E-state index contributed by atoms with van der Waals surface area (Å²) in [5, 5.41) is 4.66. The molecule has 0 fully saturated rings. The molecule has 0 aromatic heterocycles. The first-order valence-electron chi connectivity index (χ1n) is 5.91. The fraction of sp³-hybridized carbons (Fsp3) is 1.00. The molecule has 0 saturated carbocycles. The Morgan fingerprint density at radius 2 is 0.800 bits per heavy atom. The van der Waals surface area contributed by atoms with Gasteiger partial charge in [-0.2, -0.15) is 0 Å². The molecule has 0 nitrogen and oxygen atoms in total. The normalized spacial score (nSPS) is 10.2. The van der Waals surface area contributed by atoms with Crippen molar-refractivity contribution in [3.05, 3.63) is 0 Å². The second-order valence-electron chi connectivity index (χ2n) is 5.75. The smallest absolute Gasteiger partial charge is 0.0915 e. The van der Waals surface area contributed by atoms with Crippen LogP contribution < -0.4 is 0 Å². The molecule has 0 unspecified atom stereocenters. The van der Waals surface area contributed by atoms with Crippen LogP contribution in [0.1, 0.15) is 41.5 Å².